The van der Waals surface area contributed by atoms with Crippen molar-refractivity contribution < 1.29 is 13.6 Å². The van der Waals surface area contributed by atoms with Gasteiger partial charge in [0.25, 0.3) is 5.92 Å². The molecule has 33 heavy (non-hydrogen) atoms. The van der Waals surface area contributed by atoms with Gasteiger partial charge in [-0.25, -0.2) is 13.6 Å². The molecule has 0 bridgehead atoms. The summed E-state index contributed by atoms with van der Waals surface area (Å²) in [6, 6.07) is 7.77. The van der Waals surface area contributed by atoms with Crippen LogP contribution in [-0.2, 0) is 0 Å². The van der Waals surface area contributed by atoms with Gasteiger partial charge in [-0.2, -0.15) is 4.99 Å². The zero-order valence-corrected chi connectivity index (χ0v) is 20.5. The van der Waals surface area contributed by atoms with Gasteiger partial charge in [-0.3, -0.25) is 4.90 Å². The second-order valence-corrected chi connectivity index (χ2v) is 9.46. The van der Waals surface area contributed by atoms with Crippen LogP contribution in [0.1, 0.15) is 64.4 Å². The SMILES string of the molecule is CC.Cc1cccc(N(C(=O)/N=C/N2CCC(F)(F)CC2)C2CCN(CC3CCC3)CC2)c1. The van der Waals surface area contributed by atoms with E-state index in [1.807, 2.05) is 49.9 Å². The van der Waals surface area contributed by atoms with Crippen molar-refractivity contribution in [3.8, 4) is 0 Å². The molecule has 1 aliphatic carbocycles. The molecule has 0 spiro atoms. The number of alkyl halides is 2. The molecule has 3 aliphatic rings. The fraction of sp³-hybridized carbons (Fsp3) is 0.692. The number of aryl methyl sites for hydroxylation is 1. The van der Waals surface area contributed by atoms with Gasteiger partial charge in [-0.1, -0.05) is 32.4 Å². The number of piperidine rings is 2. The summed E-state index contributed by atoms with van der Waals surface area (Å²) in [6.07, 6.45) is 7.02. The highest BCUT2D eigenvalue weighted by atomic mass is 19.3. The summed E-state index contributed by atoms with van der Waals surface area (Å²) in [4.78, 5) is 23.5. The summed E-state index contributed by atoms with van der Waals surface area (Å²) < 4.78 is 26.8. The van der Waals surface area contributed by atoms with Crippen molar-refractivity contribution in [2.45, 2.75) is 77.7 Å². The molecule has 0 N–H and O–H groups in total. The maximum atomic E-state index is 13.4. The Morgan fingerprint density at radius 2 is 1.79 bits per heavy atom. The maximum Gasteiger partial charge on any atom is 0.349 e. The van der Waals surface area contributed by atoms with E-state index in [1.165, 1.54) is 32.1 Å². The Morgan fingerprint density at radius 1 is 1.12 bits per heavy atom. The van der Waals surface area contributed by atoms with Crippen molar-refractivity contribution in [2.75, 3.05) is 37.6 Å². The Labute approximate surface area is 197 Å². The number of benzene rings is 1. The number of aliphatic imine (C=N–C) groups is 1. The monoisotopic (exact) mass is 462 g/mol. The molecule has 184 valence electrons. The highest BCUT2D eigenvalue weighted by Gasteiger charge is 2.34. The van der Waals surface area contributed by atoms with Gasteiger partial charge in [0.15, 0.2) is 0 Å². The molecule has 7 heteroatoms. The third kappa shape index (κ3) is 7.23. The number of anilines is 1. The van der Waals surface area contributed by atoms with Crippen LogP contribution < -0.4 is 4.90 Å². The molecule has 1 aromatic rings. The van der Waals surface area contributed by atoms with E-state index in [-0.39, 0.29) is 38.0 Å². The van der Waals surface area contributed by atoms with Crippen LogP contribution in [0.15, 0.2) is 29.3 Å². The van der Waals surface area contributed by atoms with E-state index in [0.29, 0.717) is 0 Å². The molecular formula is C26H40F2N4O. The van der Waals surface area contributed by atoms with Gasteiger partial charge >= 0.3 is 6.03 Å². The average molecular weight is 463 g/mol. The lowest BCUT2D eigenvalue weighted by atomic mass is 9.84. The van der Waals surface area contributed by atoms with Crippen molar-refractivity contribution in [1.82, 2.24) is 9.80 Å². The van der Waals surface area contributed by atoms with E-state index >= 15 is 0 Å². The maximum absolute atomic E-state index is 13.4. The normalized spacial score (nSPS) is 21.9. The van der Waals surface area contributed by atoms with E-state index in [2.05, 4.69) is 9.89 Å². The number of likely N-dealkylation sites (tertiary alicyclic amines) is 2. The van der Waals surface area contributed by atoms with E-state index < -0.39 is 5.92 Å². The summed E-state index contributed by atoms with van der Waals surface area (Å²) in [5.41, 5.74) is 1.96. The first-order valence-corrected chi connectivity index (χ1v) is 12.7. The second kappa shape index (κ2) is 11.9. The van der Waals surface area contributed by atoms with Crippen LogP contribution in [0.2, 0.25) is 0 Å². The summed E-state index contributed by atoms with van der Waals surface area (Å²) in [5.74, 6) is -1.75. The fourth-order valence-corrected chi connectivity index (χ4v) is 4.82. The molecule has 5 nitrogen and oxygen atoms in total. The number of hydrogen-bond donors (Lipinski definition) is 0. The average Bonchev–Trinajstić information content (AvgIpc) is 2.78. The van der Waals surface area contributed by atoms with Crippen molar-refractivity contribution in [2.24, 2.45) is 10.9 Å². The summed E-state index contributed by atoms with van der Waals surface area (Å²) in [6.45, 7) is 9.67. The Hall–Kier alpha value is -2.02. The summed E-state index contributed by atoms with van der Waals surface area (Å²) in [5, 5.41) is 0. The minimum Gasteiger partial charge on any atom is -0.362 e. The topological polar surface area (TPSA) is 39.2 Å². The largest absolute Gasteiger partial charge is 0.362 e. The molecule has 0 unspecified atom stereocenters. The number of nitrogens with zero attached hydrogens (tertiary/aromatic N) is 4. The molecule has 2 saturated heterocycles. The van der Waals surface area contributed by atoms with Crippen LogP contribution in [0.3, 0.4) is 0 Å². The number of hydrogen-bond acceptors (Lipinski definition) is 2. The second-order valence-electron chi connectivity index (χ2n) is 9.46. The van der Waals surface area contributed by atoms with Crippen LogP contribution in [-0.4, -0.2) is 66.9 Å². The van der Waals surface area contributed by atoms with Gasteiger partial charge in [0, 0.05) is 57.3 Å². The summed E-state index contributed by atoms with van der Waals surface area (Å²) >= 11 is 0. The Morgan fingerprint density at radius 3 is 2.36 bits per heavy atom. The van der Waals surface area contributed by atoms with Crippen molar-refractivity contribution >= 4 is 18.1 Å². The van der Waals surface area contributed by atoms with Crippen molar-refractivity contribution in [3.63, 3.8) is 0 Å². The Bertz CT molecular complexity index is 778. The minimum absolute atomic E-state index is 0.106. The lowest BCUT2D eigenvalue weighted by Crippen LogP contribution is -2.48. The smallest absolute Gasteiger partial charge is 0.349 e. The number of urea groups is 1. The molecular weight excluding hydrogens is 422 g/mol. The van der Waals surface area contributed by atoms with Crippen LogP contribution in [0.25, 0.3) is 0 Å². The zero-order valence-electron chi connectivity index (χ0n) is 20.5. The van der Waals surface area contributed by atoms with Crippen LogP contribution in [0.5, 0.6) is 0 Å². The first-order valence-electron chi connectivity index (χ1n) is 12.7. The predicted molar refractivity (Wildman–Crippen MR) is 131 cm³/mol. The number of rotatable bonds is 5. The van der Waals surface area contributed by atoms with E-state index in [1.54, 1.807) is 4.90 Å². The third-order valence-electron chi connectivity index (χ3n) is 7.01. The van der Waals surface area contributed by atoms with Gasteiger partial charge in [-0.15, -0.1) is 0 Å². The molecule has 4 rings (SSSR count). The lowest BCUT2D eigenvalue weighted by Gasteiger charge is -2.40. The number of halogens is 2. The first-order chi connectivity index (χ1) is 15.9. The Kier molecular flexibility index (Phi) is 9.24. The number of carbonyl (C=O) groups excluding carboxylic acids is 1. The molecule has 2 heterocycles. The molecule has 2 amide bonds. The quantitative estimate of drug-likeness (QED) is 0.400. The van der Waals surface area contributed by atoms with Crippen molar-refractivity contribution in [3.05, 3.63) is 29.8 Å². The van der Waals surface area contributed by atoms with Gasteiger partial charge in [0.2, 0.25) is 0 Å². The number of carbonyl (C=O) groups is 1. The minimum atomic E-state index is -2.60. The van der Waals surface area contributed by atoms with E-state index in [9.17, 15) is 13.6 Å². The number of amides is 2. The van der Waals surface area contributed by atoms with E-state index in [0.717, 1.165) is 43.1 Å². The molecule has 2 aliphatic heterocycles. The van der Waals surface area contributed by atoms with Gasteiger partial charge < -0.3 is 9.80 Å². The van der Waals surface area contributed by atoms with Gasteiger partial charge in [-0.05, 0) is 56.2 Å². The van der Waals surface area contributed by atoms with Crippen LogP contribution in [0.4, 0.5) is 19.3 Å². The lowest BCUT2D eigenvalue weighted by molar-refractivity contribution is -0.0427. The predicted octanol–water partition coefficient (Wildman–Crippen LogP) is 5.97. The highest BCUT2D eigenvalue weighted by molar-refractivity contribution is 5.97. The standard InChI is InChI=1S/C24H34F2N4O.C2H6/c1-19-4-2-7-22(16-19)30(21-8-12-28(13-9-21)17-20-5-3-6-20)23(31)27-18-29-14-10-24(25,26)11-15-29;1-2/h2,4,7,16,18,20-21H,3,5-6,8-15,17H2,1H3;1-2H3/b27-18+;. The zero-order chi connectivity index (χ0) is 23.8. The first kappa shape index (κ1) is 25.6. The van der Waals surface area contributed by atoms with Crippen molar-refractivity contribution in [1.29, 1.82) is 0 Å². The Balaban J connectivity index is 0.00000149. The van der Waals surface area contributed by atoms with Gasteiger partial charge in [0.1, 0.15) is 0 Å². The summed E-state index contributed by atoms with van der Waals surface area (Å²) in [7, 11) is 0. The fourth-order valence-electron chi connectivity index (χ4n) is 4.82. The van der Waals surface area contributed by atoms with Gasteiger partial charge in [0.05, 0.1) is 6.34 Å². The third-order valence-corrected chi connectivity index (χ3v) is 7.01. The molecule has 0 aromatic heterocycles. The molecule has 1 saturated carbocycles. The molecule has 1 aromatic carbocycles. The van der Waals surface area contributed by atoms with Crippen LogP contribution >= 0.6 is 0 Å². The van der Waals surface area contributed by atoms with E-state index in [4.69, 9.17) is 0 Å². The molecule has 0 atom stereocenters. The molecule has 3 fully saturated rings. The molecule has 0 radical (unpaired) electrons. The van der Waals surface area contributed by atoms with Crippen LogP contribution in [0, 0.1) is 12.8 Å². The highest BCUT2D eigenvalue weighted by Crippen LogP contribution is 2.30.